The predicted octanol–water partition coefficient (Wildman–Crippen LogP) is -0.00340. The number of hydrogen-bond donors (Lipinski definition) is 1. The molecule has 0 aliphatic carbocycles. The topological polar surface area (TPSA) is 44.5 Å². The number of methoxy groups -OCH3 is 1. The van der Waals surface area contributed by atoms with Crippen LogP contribution >= 0.6 is 0 Å². The Morgan fingerprint density at radius 2 is 2.40 bits per heavy atom. The molecule has 0 unspecified atom stereocenters. The second kappa shape index (κ2) is 3.91. The van der Waals surface area contributed by atoms with Gasteiger partial charge >= 0.3 is 0 Å². The number of hydrogen-bond acceptors (Lipinski definition) is 3. The maximum atomic E-state index is 5.48. The van der Waals surface area contributed by atoms with Crippen molar-refractivity contribution in [2.75, 3.05) is 26.9 Å². The van der Waals surface area contributed by atoms with E-state index in [4.69, 9.17) is 15.2 Å². The van der Waals surface area contributed by atoms with E-state index in [1.54, 1.807) is 7.11 Å². The van der Waals surface area contributed by atoms with Gasteiger partial charge in [-0.05, 0) is 18.9 Å². The normalized spacial score (nSPS) is 34.2. The van der Waals surface area contributed by atoms with E-state index in [2.05, 4.69) is 0 Å². The lowest BCUT2D eigenvalue weighted by atomic mass is 10.0. The number of ether oxygens (including phenoxy) is 2. The average molecular weight is 145 g/mol. The van der Waals surface area contributed by atoms with Gasteiger partial charge in [0.15, 0.2) is 0 Å². The lowest BCUT2D eigenvalue weighted by Crippen LogP contribution is -2.34. The number of rotatable bonds is 2. The second-order valence-corrected chi connectivity index (χ2v) is 2.73. The summed E-state index contributed by atoms with van der Waals surface area (Å²) in [5.41, 5.74) is 5.48. The minimum absolute atomic E-state index is 0.266. The van der Waals surface area contributed by atoms with Crippen LogP contribution < -0.4 is 5.73 Å². The molecule has 1 heterocycles. The van der Waals surface area contributed by atoms with Crippen LogP contribution in [0.25, 0.3) is 0 Å². The van der Waals surface area contributed by atoms with E-state index >= 15 is 0 Å². The molecule has 1 aliphatic rings. The van der Waals surface area contributed by atoms with Crippen LogP contribution in [0.3, 0.4) is 0 Å². The van der Waals surface area contributed by atoms with Crippen molar-refractivity contribution in [2.45, 2.75) is 12.5 Å². The molecule has 0 radical (unpaired) electrons. The van der Waals surface area contributed by atoms with Crippen LogP contribution in [-0.2, 0) is 9.47 Å². The maximum absolute atomic E-state index is 5.48. The van der Waals surface area contributed by atoms with Crippen molar-refractivity contribution < 1.29 is 9.47 Å². The maximum Gasteiger partial charge on any atom is 0.0808 e. The highest BCUT2D eigenvalue weighted by Crippen LogP contribution is 2.14. The van der Waals surface area contributed by atoms with Crippen LogP contribution in [0, 0.1) is 5.92 Å². The van der Waals surface area contributed by atoms with E-state index in [1.165, 1.54) is 0 Å². The Kier molecular flexibility index (Phi) is 3.12. The lowest BCUT2D eigenvalue weighted by molar-refractivity contribution is -0.0534. The summed E-state index contributed by atoms with van der Waals surface area (Å²) >= 11 is 0. The molecule has 0 amide bonds. The smallest absolute Gasteiger partial charge is 0.0808 e. The van der Waals surface area contributed by atoms with Crippen molar-refractivity contribution in [1.82, 2.24) is 0 Å². The van der Waals surface area contributed by atoms with Crippen molar-refractivity contribution in [1.29, 1.82) is 0 Å². The molecule has 1 rings (SSSR count). The summed E-state index contributed by atoms with van der Waals surface area (Å²) in [5.74, 6) is 0.499. The molecule has 0 aromatic rings. The van der Waals surface area contributed by atoms with Gasteiger partial charge < -0.3 is 15.2 Å². The molecule has 3 heteroatoms. The first-order chi connectivity index (χ1) is 4.86. The monoisotopic (exact) mass is 145 g/mol. The highest BCUT2D eigenvalue weighted by Gasteiger charge is 2.20. The largest absolute Gasteiger partial charge is 0.379 e. The molecular formula is C7H15NO2. The third-order valence-corrected chi connectivity index (χ3v) is 1.92. The fourth-order valence-corrected chi connectivity index (χ4v) is 1.20. The first-order valence-electron chi connectivity index (χ1n) is 3.67. The summed E-state index contributed by atoms with van der Waals surface area (Å²) in [6.07, 6.45) is 1.31. The van der Waals surface area contributed by atoms with Crippen molar-refractivity contribution in [3.05, 3.63) is 0 Å². The molecule has 0 bridgehead atoms. The van der Waals surface area contributed by atoms with Crippen LogP contribution in [0.1, 0.15) is 6.42 Å². The summed E-state index contributed by atoms with van der Waals surface area (Å²) in [6.45, 7) is 2.24. The molecule has 0 spiro atoms. The molecule has 10 heavy (non-hydrogen) atoms. The van der Waals surface area contributed by atoms with Crippen molar-refractivity contribution in [3.63, 3.8) is 0 Å². The van der Waals surface area contributed by atoms with E-state index in [0.717, 1.165) is 19.6 Å². The summed E-state index contributed by atoms with van der Waals surface area (Å²) in [5, 5.41) is 0. The van der Waals surface area contributed by atoms with Crippen LogP contribution in [0.4, 0.5) is 0 Å². The minimum atomic E-state index is 0.266. The fourth-order valence-electron chi connectivity index (χ4n) is 1.20. The first-order valence-corrected chi connectivity index (χ1v) is 3.67. The SMILES string of the molecule is CO[C@H]1COC[C@H](CN)C1. The molecule has 1 saturated heterocycles. The van der Waals surface area contributed by atoms with Gasteiger partial charge in [-0.15, -0.1) is 0 Å². The molecule has 2 N–H and O–H groups in total. The van der Waals surface area contributed by atoms with Gasteiger partial charge in [-0.2, -0.15) is 0 Å². The molecule has 0 aromatic carbocycles. The Bertz CT molecular complexity index is 87.6. The summed E-state index contributed by atoms with van der Waals surface area (Å²) in [4.78, 5) is 0. The third kappa shape index (κ3) is 1.94. The Hall–Kier alpha value is -0.120. The molecular weight excluding hydrogens is 130 g/mol. The molecule has 0 saturated carbocycles. The van der Waals surface area contributed by atoms with E-state index in [9.17, 15) is 0 Å². The highest BCUT2D eigenvalue weighted by molar-refractivity contribution is 4.70. The van der Waals surface area contributed by atoms with Gasteiger partial charge in [0.2, 0.25) is 0 Å². The zero-order valence-electron chi connectivity index (χ0n) is 6.38. The van der Waals surface area contributed by atoms with Gasteiger partial charge in [-0.3, -0.25) is 0 Å². The minimum Gasteiger partial charge on any atom is -0.379 e. The van der Waals surface area contributed by atoms with E-state index < -0.39 is 0 Å². The van der Waals surface area contributed by atoms with Crippen molar-refractivity contribution in [3.8, 4) is 0 Å². The van der Waals surface area contributed by atoms with Gasteiger partial charge in [0.1, 0.15) is 0 Å². The number of nitrogens with two attached hydrogens (primary N) is 1. The Morgan fingerprint density at radius 3 is 3.00 bits per heavy atom. The Labute approximate surface area is 61.5 Å². The zero-order valence-corrected chi connectivity index (χ0v) is 6.38. The summed E-state index contributed by atoms with van der Waals surface area (Å²) < 4.78 is 10.4. The molecule has 1 fully saturated rings. The van der Waals surface area contributed by atoms with Crippen LogP contribution in [0.15, 0.2) is 0 Å². The average Bonchev–Trinajstić information content (AvgIpc) is 2.05. The standard InChI is InChI=1S/C7H15NO2/c1-9-7-2-6(3-8)4-10-5-7/h6-7H,2-5,8H2,1H3/t6-,7+/m0/s1. The second-order valence-electron chi connectivity index (χ2n) is 2.73. The van der Waals surface area contributed by atoms with Crippen molar-refractivity contribution >= 4 is 0 Å². The predicted molar refractivity (Wildman–Crippen MR) is 38.8 cm³/mol. The summed E-state index contributed by atoms with van der Waals surface area (Å²) in [7, 11) is 1.72. The van der Waals surface area contributed by atoms with E-state index in [0.29, 0.717) is 12.5 Å². The fraction of sp³-hybridized carbons (Fsp3) is 1.00. The first kappa shape index (κ1) is 7.98. The van der Waals surface area contributed by atoms with Gasteiger partial charge in [-0.1, -0.05) is 0 Å². The molecule has 3 nitrogen and oxygen atoms in total. The van der Waals surface area contributed by atoms with Gasteiger partial charge in [-0.25, -0.2) is 0 Å². The summed E-state index contributed by atoms with van der Waals surface area (Å²) in [6, 6.07) is 0. The molecule has 1 aliphatic heterocycles. The van der Waals surface area contributed by atoms with E-state index in [-0.39, 0.29) is 6.10 Å². The quantitative estimate of drug-likeness (QED) is 0.594. The lowest BCUT2D eigenvalue weighted by Gasteiger charge is -2.27. The van der Waals surface area contributed by atoms with Gasteiger partial charge in [0, 0.05) is 7.11 Å². The Morgan fingerprint density at radius 1 is 1.60 bits per heavy atom. The molecule has 60 valence electrons. The van der Waals surface area contributed by atoms with Crippen molar-refractivity contribution in [2.24, 2.45) is 11.7 Å². The van der Waals surface area contributed by atoms with Crippen LogP contribution in [0.2, 0.25) is 0 Å². The highest BCUT2D eigenvalue weighted by atomic mass is 16.5. The third-order valence-electron chi connectivity index (χ3n) is 1.92. The Balaban J connectivity index is 2.25. The van der Waals surface area contributed by atoms with E-state index in [1.807, 2.05) is 0 Å². The van der Waals surface area contributed by atoms with Crippen LogP contribution in [0.5, 0.6) is 0 Å². The van der Waals surface area contributed by atoms with Crippen LogP contribution in [-0.4, -0.2) is 33.0 Å². The van der Waals surface area contributed by atoms with Gasteiger partial charge in [0.05, 0.1) is 19.3 Å². The molecule has 0 aromatic heterocycles. The van der Waals surface area contributed by atoms with Gasteiger partial charge in [0.25, 0.3) is 0 Å². The molecule has 2 atom stereocenters. The zero-order chi connectivity index (χ0) is 7.40.